The van der Waals surface area contributed by atoms with Crippen LogP contribution in [0.2, 0.25) is 0 Å². The van der Waals surface area contributed by atoms with Gasteiger partial charge >= 0.3 is 0 Å². The lowest BCUT2D eigenvalue weighted by molar-refractivity contribution is 0.959. The number of hydrogen-bond donors (Lipinski definition) is 2. The lowest BCUT2D eigenvalue weighted by atomic mass is 10.0. The molecular weight excluding hydrogens is 234 g/mol. The molecule has 96 valence electrons. The molecule has 3 rings (SSSR count). The topological polar surface area (TPSA) is 36.4 Å². The second-order valence-corrected chi connectivity index (χ2v) is 4.69. The molecule has 0 amide bonds. The predicted molar refractivity (Wildman–Crippen MR) is 80.5 cm³/mol. The van der Waals surface area contributed by atoms with E-state index in [0.717, 1.165) is 24.7 Å². The number of hydrogen-bond acceptors (Lipinski definition) is 3. The zero-order chi connectivity index (χ0) is 13.1. The van der Waals surface area contributed by atoms with Crippen LogP contribution in [0.5, 0.6) is 0 Å². The Morgan fingerprint density at radius 3 is 2.58 bits per heavy atom. The second kappa shape index (κ2) is 5.14. The van der Waals surface area contributed by atoms with Crippen molar-refractivity contribution in [3.05, 3.63) is 54.1 Å². The summed E-state index contributed by atoms with van der Waals surface area (Å²) in [6.45, 7) is 3.86. The van der Waals surface area contributed by atoms with Gasteiger partial charge in [-0.2, -0.15) is 0 Å². The van der Waals surface area contributed by atoms with Crippen molar-refractivity contribution >= 4 is 11.6 Å². The Morgan fingerprint density at radius 2 is 1.84 bits per heavy atom. The van der Waals surface area contributed by atoms with Crippen LogP contribution in [0.25, 0.3) is 11.1 Å². The van der Waals surface area contributed by atoms with E-state index in [1.807, 2.05) is 6.07 Å². The van der Waals surface area contributed by atoms with Gasteiger partial charge in [-0.05, 0) is 18.6 Å². The van der Waals surface area contributed by atoms with Crippen LogP contribution in [-0.2, 0) is 0 Å². The second-order valence-electron chi connectivity index (χ2n) is 4.69. The summed E-state index contributed by atoms with van der Waals surface area (Å²) < 4.78 is 0. The molecule has 2 aromatic carbocycles. The summed E-state index contributed by atoms with van der Waals surface area (Å²) in [5.41, 5.74) is 4.77. The van der Waals surface area contributed by atoms with Crippen LogP contribution < -0.4 is 10.6 Å². The third-order valence-electron chi connectivity index (χ3n) is 3.22. The van der Waals surface area contributed by atoms with Gasteiger partial charge in [0.1, 0.15) is 0 Å². The Labute approximate surface area is 113 Å². The fourth-order valence-electron chi connectivity index (χ4n) is 2.19. The van der Waals surface area contributed by atoms with Gasteiger partial charge in [-0.1, -0.05) is 48.0 Å². The number of benzene rings is 2. The Hall–Kier alpha value is -2.29. The van der Waals surface area contributed by atoms with Crippen LogP contribution in [0.1, 0.15) is 5.56 Å². The molecule has 2 N–H and O–H groups in total. The van der Waals surface area contributed by atoms with Gasteiger partial charge in [0.15, 0.2) is 5.96 Å². The monoisotopic (exact) mass is 251 g/mol. The molecule has 0 radical (unpaired) electrons. The first kappa shape index (κ1) is 11.8. The molecule has 3 nitrogen and oxygen atoms in total. The summed E-state index contributed by atoms with van der Waals surface area (Å²) in [4.78, 5) is 4.37. The molecule has 2 aromatic rings. The third-order valence-corrected chi connectivity index (χ3v) is 3.22. The molecule has 1 aliphatic rings. The minimum atomic E-state index is 0.842. The zero-order valence-corrected chi connectivity index (χ0v) is 11.0. The molecule has 0 aromatic heterocycles. The molecule has 0 atom stereocenters. The van der Waals surface area contributed by atoms with Crippen molar-refractivity contribution in [1.29, 1.82) is 0 Å². The molecule has 0 saturated carbocycles. The first-order valence-electron chi connectivity index (χ1n) is 6.54. The highest BCUT2D eigenvalue weighted by molar-refractivity contribution is 5.98. The zero-order valence-electron chi connectivity index (χ0n) is 11.0. The fourth-order valence-corrected chi connectivity index (χ4v) is 2.19. The average molecular weight is 251 g/mol. The lowest BCUT2D eigenvalue weighted by Crippen LogP contribution is -2.26. The van der Waals surface area contributed by atoms with E-state index in [-0.39, 0.29) is 0 Å². The standard InChI is InChI=1S/C16H17N3/c1-12-6-8-13(9-7-12)14-4-2-3-5-15(14)19-16-17-10-11-18-16/h2-9H,10-11H2,1H3,(H2,17,18,19). The molecule has 3 heteroatoms. The first-order chi connectivity index (χ1) is 9.33. The Morgan fingerprint density at radius 1 is 1.05 bits per heavy atom. The van der Waals surface area contributed by atoms with E-state index in [4.69, 9.17) is 0 Å². The fraction of sp³-hybridized carbons (Fsp3) is 0.188. The summed E-state index contributed by atoms with van der Waals surface area (Å²) in [6, 6.07) is 16.9. The Bertz CT molecular complexity index is 600. The maximum Gasteiger partial charge on any atom is 0.195 e. The molecule has 0 unspecified atom stereocenters. The molecular formula is C16H17N3. The molecule has 0 fully saturated rings. The smallest absolute Gasteiger partial charge is 0.195 e. The Balaban J connectivity index is 1.94. The third kappa shape index (κ3) is 2.60. The molecule has 0 bridgehead atoms. The van der Waals surface area contributed by atoms with E-state index in [9.17, 15) is 0 Å². The highest BCUT2D eigenvalue weighted by Gasteiger charge is 2.09. The number of aryl methyl sites for hydroxylation is 1. The highest BCUT2D eigenvalue weighted by Crippen LogP contribution is 2.28. The molecule has 1 heterocycles. The maximum absolute atomic E-state index is 4.37. The van der Waals surface area contributed by atoms with Crippen molar-refractivity contribution in [3.8, 4) is 11.1 Å². The van der Waals surface area contributed by atoms with E-state index in [2.05, 4.69) is 65.0 Å². The number of nitrogens with one attached hydrogen (secondary N) is 2. The number of para-hydroxylation sites is 1. The van der Waals surface area contributed by atoms with Crippen molar-refractivity contribution in [3.63, 3.8) is 0 Å². The summed E-state index contributed by atoms with van der Waals surface area (Å²) in [7, 11) is 0. The first-order valence-corrected chi connectivity index (χ1v) is 6.54. The minimum Gasteiger partial charge on any atom is -0.354 e. The quantitative estimate of drug-likeness (QED) is 0.860. The van der Waals surface area contributed by atoms with Crippen molar-refractivity contribution in [2.75, 3.05) is 18.4 Å². The van der Waals surface area contributed by atoms with E-state index < -0.39 is 0 Å². The normalized spacial score (nSPS) is 13.8. The minimum absolute atomic E-state index is 0.842. The molecule has 0 aliphatic carbocycles. The molecule has 1 aliphatic heterocycles. The summed E-state index contributed by atoms with van der Waals surface area (Å²) in [6.07, 6.45) is 0. The maximum atomic E-state index is 4.37. The lowest BCUT2D eigenvalue weighted by Gasteiger charge is -2.12. The van der Waals surface area contributed by atoms with E-state index in [0.29, 0.717) is 0 Å². The van der Waals surface area contributed by atoms with Gasteiger partial charge in [0, 0.05) is 17.8 Å². The van der Waals surface area contributed by atoms with Crippen molar-refractivity contribution in [2.45, 2.75) is 6.92 Å². The number of aliphatic imine (C=N–C) groups is 1. The van der Waals surface area contributed by atoms with Crippen molar-refractivity contribution in [1.82, 2.24) is 5.32 Å². The van der Waals surface area contributed by atoms with E-state index in [1.54, 1.807) is 0 Å². The van der Waals surface area contributed by atoms with Gasteiger partial charge in [0.05, 0.1) is 6.54 Å². The van der Waals surface area contributed by atoms with Crippen LogP contribution >= 0.6 is 0 Å². The van der Waals surface area contributed by atoms with Crippen molar-refractivity contribution in [2.24, 2.45) is 4.99 Å². The van der Waals surface area contributed by atoms with Crippen LogP contribution in [0.3, 0.4) is 0 Å². The largest absolute Gasteiger partial charge is 0.354 e. The van der Waals surface area contributed by atoms with Gasteiger partial charge in [0.2, 0.25) is 0 Å². The van der Waals surface area contributed by atoms with Gasteiger partial charge in [-0.15, -0.1) is 0 Å². The number of nitrogens with zero attached hydrogens (tertiary/aromatic N) is 1. The Kier molecular flexibility index (Phi) is 3.19. The average Bonchev–Trinajstić information content (AvgIpc) is 2.93. The van der Waals surface area contributed by atoms with Crippen LogP contribution in [-0.4, -0.2) is 19.0 Å². The van der Waals surface area contributed by atoms with Gasteiger partial charge in [0.25, 0.3) is 0 Å². The van der Waals surface area contributed by atoms with Crippen LogP contribution in [0, 0.1) is 6.92 Å². The van der Waals surface area contributed by atoms with E-state index in [1.165, 1.54) is 16.7 Å². The number of anilines is 1. The number of guanidine groups is 1. The van der Waals surface area contributed by atoms with Crippen LogP contribution in [0.4, 0.5) is 5.69 Å². The van der Waals surface area contributed by atoms with Gasteiger partial charge in [-0.3, -0.25) is 4.99 Å². The summed E-state index contributed by atoms with van der Waals surface area (Å²) >= 11 is 0. The highest BCUT2D eigenvalue weighted by atomic mass is 15.2. The van der Waals surface area contributed by atoms with Gasteiger partial charge in [-0.25, -0.2) is 0 Å². The molecule has 0 spiro atoms. The van der Waals surface area contributed by atoms with Crippen molar-refractivity contribution < 1.29 is 0 Å². The molecule has 0 saturated heterocycles. The van der Waals surface area contributed by atoms with Crippen LogP contribution in [0.15, 0.2) is 53.5 Å². The summed E-state index contributed by atoms with van der Waals surface area (Å²) in [5, 5.41) is 6.59. The number of rotatable bonds is 2. The SMILES string of the molecule is Cc1ccc(-c2ccccc2NC2=NCCN2)cc1. The van der Waals surface area contributed by atoms with Gasteiger partial charge < -0.3 is 10.6 Å². The van der Waals surface area contributed by atoms with E-state index >= 15 is 0 Å². The molecule has 19 heavy (non-hydrogen) atoms. The summed E-state index contributed by atoms with van der Waals surface area (Å²) in [5.74, 6) is 0.861. The predicted octanol–water partition coefficient (Wildman–Crippen LogP) is 3.03.